The normalized spacial score (nSPS) is 11.1. The lowest BCUT2D eigenvalue weighted by Gasteiger charge is -2.02. The molecule has 2 heterocycles. The third kappa shape index (κ3) is 3.93. The molecule has 23 heavy (non-hydrogen) atoms. The van der Waals surface area contributed by atoms with Crippen LogP contribution in [0.3, 0.4) is 0 Å². The summed E-state index contributed by atoms with van der Waals surface area (Å²) in [6.07, 6.45) is 2.95. The number of hydrogen-bond donors (Lipinski definition) is 1. The quantitative estimate of drug-likeness (QED) is 0.759. The van der Waals surface area contributed by atoms with E-state index in [-0.39, 0.29) is 18.2 Å². The number of nitrogens with zero attached hydrogens (tertiary/aromatic N) is 3. The maximum Gasteiger partial charge on any atom is 0.387 e. The zero-order valence-corrected chi connectivity index (χ0v) is 12.9. The van der Waals surface area contributed by atoms with Crippen molar-refractivity contribution in [1.82, 2.24) is 14.8 Å². The number of anilines is 1. The standard InChI is InChI=1S/C13H9ClF2N4O2S/c14-7-4-17-20(5-7)6-11(21)19-13-18-9-2-1-8(22-12(15)16)3-10(9)23-13/h1-5,12H,6H2,(H,18,19,21). The minimum absolute atomic E-state index is 0.0115. The van der Waals surface area contributed by atoms with Gasteiger partial charge >= 0.3 is 6.61 Å². The summed E-state index contributed by atoms with van der Waals surface area (Å²) in [4.78, 5) is 16.1. The van der Waals surface area contributed by atoms with E-state index in [0.717, 1.165) is 11.3 Å². The molecule has 120 valence electrons. The lowest BCUT2D eigenvalue weighted by molar-refractivity contribution is -0.116. The van der Waals surface area contributed by atoms with E-state index in [0.29, 0.717) is 20.4 Å². The SMILES string of the molecule is O=C(Cn1cc(Cl)cn1)Nc1nc2ccc(OC(F)F)cc2s1. The van der Waals surface area contributed by atoms with E-state index in [1.165, 1.54) is 29.2 Å². The Morgan fingerprint density at radius 2 is 2.30 bits per heavy atom. The zero-order valence-electron chi connectivity index (χ0n) is 11.4. The summed E-state index contributed by atoms with van der Waals surface area (Å²) in [5, 5.41) is 7.32. The van der Waals surface area contributed by atoms with Crippen molar-refractivity contribution in [3.05, 3.63) is 35.6 Å². The number of carbonyl (C=O) groups excluding carboxylic acids is 1. The molecule has 0 fully saturated rings. The Labute approximate surface area is 137 Å². The number of fused-ring (bicyclic) bond motifs is 1. The maximum atomic E-state index is 12.2. The van der Waals surface area contributed by atoms with Crippen molar-refractivity contribution in [3.8, 4) is 5.75 Å². The molecule has 2 aromatic heterocycles. The van der Waals surface area contributed by atoms with Gasteiger partial charge in [-0.15, -0.1) is 0 Å². The minimum Gasteiger partial charge on any atom is -0.435 e. The molecule has 0 saturated carbocycles. The number of rotatable bonds is 5. The number of benzene rings is 1. The van der Waals surface area contributed by atoms with E-state index in [1.807, 2.05) is 0 Å². The molecule has 0 radical (unpaired) electrons. The highest BCUT2D eigenvalue weighted by Gasteiger charge is 2.11. The van der Waals surface area contributed by atoms with Crippen molar-refractivity contribution < 1.29 is 18.3 Å². The molecule has 6 nitrogen and oxygen atoms in total. The number of hydrogen-bond acceptors (Lipinski definition) is 5. The lowest BCUT2D eigenvalue weighted by Crippen LogP contribution is -2.18. The number of carbonyl (C=O) groups is 1. The van der Waals surface area contributed by atoms with Gasteiger partial charge in [-0.05, 0) is 18.2 Å². The molecule has 10 heteroatoms. The molecule has 0 atom stereocenters. The predicted molar refractivity (Wildman–Crippen MR) is 82.1 cm³/mol. The fourth-order valence-corrected chi connectivity index (χ4v) is 2.93. The van der Waals surface area contributed by atoms with Gasteiger partial charge < -0.3 is 10.1 Å². The molecule has 1 amide bonds. The van der Waals surface area contributed by atoms with Crippen molar-refractivity contribution >= 4 is 44.2 Å². The van der Waals surface area contributed by atoms with Crippen LogP contribution in [0.1, 0.15) is 0 Å². The second-order valence-electron chi connectivity index (χ2n) is 4.43. The molecule has 0 aliphatic rings. The van der Waals surface area contributed by atoms with Gasteiger partial charge in [0.15, 0.2) is 5.13 Å². The highest BCUT2D eigenvalue weighted by molar-refractivity contribution is 7.22. The summed E-state index contributed by atoms with van der Waals surface area (Å²) in [6, 6.07) is 4.39. The highest BCUT2D eigenvalue weighted by Crippen LogP contribution is 2.29. The summed E-state index contributed by atoms with van der Waals surface area (Å²) in [7, 11) is 0. The molecule has 0 aliphatic heterocycles. The van der Waals surface area contributed by atoms with Gasteiger partial charge in [0.25, 0.3) is 0 Å². The predicted octanol–water partition coefficient (Wildman–Crippen LogP) is 3.39. The Bertz CT molecular complexity index is 851. The van der Waals surface area contributed by atoms with Crippen LogP contribution in [0.2, 0.25) is 5.02 Å². The first-order chi connectivity index (χ1) is 11.0. The van der Waals surface area contributed by atoms with E-state index in [9.17, 15) is 13.6 Å². The van der Waals surface area contributed by atoms with Gasteiger partial charge in [-0.1, -0.05) is 22.9 Å². The molecule has 0 aliphatic carbocycles. The summed E-state index contributed by atoms with van der Waals surface area (Å²) >= 11 is 6.88. The molecule has 0 saturated heterocycles. The van der Waals surface area contributed by atoms with Crippen molar-refractivity contribution in [2.45, 2.75) is 13.2 Å². The van der Waals surface area contributed by atoms with Gasteiger partial charge in [0.05, 0.1) is 21.4 Å². The first kappa shape index (κ1) is 15.6. The van der Waals surface area contributed by atoms with E-state index in [2.05, 4.69) is 20.1 Å². The van der Waals surface area contributed by atoms with Crippen molar-refractivity contribution in [2.75, 3.05) is 5.32 Å². The molecule has 1 N–H and O–H groups in total. The average Bonchev–Trinajstić information content (AvgIpc) is 3.03. The fourth-order valence-electron chi connectivity index (χ4n) is 1.87. The summed E-state index contributed by atoms with van der Waals surface area (Å²) in [6.45, 7) is -2.90. The first-order valence-electron chi connectivity index (χ1n) is 6.33. The third-order valence-electron chi connectivity index (χ3n) is 2.74. The Kier molecular flexibility index (Phi) is 4.39. The molecule has 0 bridgehead atoms. The fraction of sp³-hybridized carbons (Fsp3) is 0.154. The molecular weight excluding hydrogens is 350 g/mol. The number of aromatic nitrogens is 3. The van der Waals surface area contributed by atoms with Gasteiger partial charge in [-0.2, -0.15) is 13.9 Å². The van der Waals surface area contributed by atoms with Crippen LogP contribution in [0, 0.1) is 0 Å². The van der Waals surface area contributed by atoms with E-state index in [1.54, 1.807) is 6.07 Å². The Morgan fingerprint density at radius 1 is 1.48 bits per heavy atom. The number of ether oxygens (including phenoxy) is 1. The molecule has 0 spiro atoms. The van der Waals surface area contributed by atoms with E-state index in [4.69, 9.17) is 11.6 Å². The molecule has 0 unspecified atom stereocenters. The summed E-state index contributed by atoms with van der Waals surface area (Å²) in [5.74, 6) is -0.284. The van der Waals surface area contributed by atoms with Gasteiger partial charge in [0.2, 0.25) is 5.91 Å². The monoisotopic (exact) mass is 358 g/mol. The highest BCUT2D eigenvalue weighted by atomic mass is 35.5. The number of alkyl halides is 2. The third-order valence-corrected chi connectivity index (χ3v) is 3.87. The second-order valence-corrected chi connectivity index (χ2v) is 5.90. The van der Waals surface area contributed by atoms with Crippen LogP contribution in [0.25, 0.3) is 10.2 Å². The molecular formula is C13H9ClF2N4O2S. The lowest BCUT2D eigenvalue weighted by atomic mass is 10.3. The average molecular weight is 359 g/mol. The van der Waals surface area contributed by atoms with Crippen LogP contribution in [0.4, 0.5) is 13.9 Å². The van der Waals surface area contributed by atoms with Crippen LogP contribution in [0.5, 0.6) is 5.75 Å². The van der Waals surface area contributed by atoms with Crippen molar-refractivity contribution in [3.63, 3.8) is 0 Å². The minimum atomic E-state index is -2.89. The Morgan fingerprint density at radius 3 is 3.00 bits per heavy atom. The molecule has 3 aromatic rings. The number of thiazole rings is 1. The number of amides is 1. The van der Waals surface area contributed by atoms with Gasteiger partial charge in [0, 0.05) is 6.20 Å². The topological polar surface area (TPSA) is 69.0 Å². The van der Waals surface area contributed by atoms with E-state index < -0.39 is 6.61 Å². The number of nitrogens with one attached hydrogen (secondary N) is 1. The zero-order chi connectivity index (χ0) is 16.4. The van der Waals surface area contributed by atoms with Crippen LogP contribution in [-0.2, 0) is 11.3 Å². The maximum absolute atomic E-state index is 12.2. The summed E-state index contributed by atoms with van der Waals surface area (Å²) < 4.78 is 30.7. The molecule has 1 aromatic carbocycles. The van der Waals surface area contributed by atoms with E-state index >= 15 is 0 Å². The Hall–Kier alpha value is -2.26. The van der Waals surface area contributed by atoms with Crippen molar-refractivity contribution in [2.24, 2.45) is 0 Å². The van der Waals surface area contributed by atoms with Crippen LogP contribution in [0.15, 0.2) is 30.6 Å². The summed E-state index contributed by atoms with van der Waals surface area (Å²) in [5.41, 5.74) is 0.578. The second kappa shape index (κ2) is 6.47. The van der Waals surface area contributed by atoms with Crippen LogP contribution < -0.4 is 10.1 Å². The van der Waals surface area contributed by atoms with Gasteiger partial charge in [-0.3, -0.25) is 9.48 Å². The first-order valence-corrected chi connectivity index (χ1v) is 7.52. The Balaban J connectivity index is 1.71. The van der Waals surface area contributed by atoms with Crippen molar-refractivity contribution in [1.29, 1.82) is 0 Å². The van der Waals surface area contributed by atoms with Crippen LogP contribution >= 0.6 is 22.9 Å². The molecule has 3 rings (SSSR count). The number of halogens is 3. The smallest absolute Gasteiger partial charge is 0.387 e. The van der Waals surface area contributed by atoms with Crippen LogP contribution in [-0.4, -0.2) is 27.3 Å². The van der Waals surface area contributed by atoms with Gasteiger partial charge in [-0.25, -0.2) is 4.98 Å². The van der Waals surface area contributed by atoms with Gasteiger partial charge in [0.1, 0.15) is 12.3 Å². The largest absolute Gasteiger partial charge is 0.435 e.